The SMILES string of the molecule is COc1ccc(C(=O)C[C@H](Nc2ccc3ccccc3c2)c2cccnc2)cc1. The summed E-state index contributed by atoms with van der Waals surface area (Å²) in [6.45, 7) is 0. The molecule has 0 radical (unpaired) electrons. The molecule has 1 N–H and O–H groups in total. The molecule has 29 heavy (non-hydrogen) atoms. The van der Waals surface area contributed by atoms with Crippen LogP contribution in [-0.4, -0.2) is 17.9 Å². The number of methoxy groups -OCH3 is 1. The Morgan fingerprint density at radius 3 is 2.48 bits per heavy atom. The zero-order valence-corrected chi connectivity index (χ0v) is 16.2. The Morgan fingerprint density at radius 2 is 1.76 bits per heavy atom. The summed E-state index contributed by atoms with van der Waals surface area (Å²) in [5.41, 5.74) is 2.61. The molecule has 0 amide bonds. The summed E-state index contributed by atoms with van der Waals surface area (Å²) in [5.74, 6) is 0.800. The minimum absolute atomic E-state index is 0.0646. The average molecular weight is 382 g/mol. The van der Waals surface area contributed by atoms with Gasteiger partial charge in [0.1, 0.15) is 5.75 Å². The lowest BCUT2D eigenvalue weighted by Crippen LogP contribution is -2.16. The molecule has 4 aromatic rings. The molecular weight excluding hydrogens is 360 g/mol. The first-order chi connectivity index (χ1) is 14.2. The van der Waals surface area contributed by atoms with Crippen LogP contribution in [-0.2, 0) is 0 Å². The van der Waals surface area contributed by atoms with E-state index in [2.05, 4.69) is 34.6 Å². The van der Waals surface area contributed by atoms with Crippen LogP contribution in [0.3, 0.4) is 0 Å². The predicted molar refractivity (Wildman–Crippen MR) is 116 cm³/mol. The van der Waals surface area contributed by atoms with Crippen molar-refractivity contribution in [2.45, 2.75) is 12.5 Å². The van der Waals surface area contributed by atoms with E-state index in [-0.39, 0.29) is 11.8 Å². The highest BCUT2D eigenvalue weighted by Gasteiger charge is 2.18. The summed E-state index contributed by atoms with van der Waals surface area (Å²) >= 11 is 0. The Bertz CT molecular complexity index is 1110. The van der Waals surface area contributed by atoms with Crippen molar-refractivity contribution in [1.29, 1.82) is 0 Å². The maximum absolute atomic E-state index is 12.9. The van der Waals surface area contributed by atoms with E-state index in [1.807, 2.05) is 42.5 Å². The number of nitrogens with zero attached hydrogens (tertiary/aromatic N) is 1. The fourth-order valence-electron chi connectivity index (χ4n) is 3.39. The van der Waals surface area contributed by atoms with Crippen molar-refractivity contribution >= 4 is 22.2 Å². The molecule has 0 aliphatic heterocycles. The minimum atomic E-state index is -0.181. The number of hydrogen-bond donors (Lipinski definition) is 1. The number of benzene rings is 3. The number of aromatic nitrogens is 1. The second-order valence-corrected chi connectivity index (χ2v) is 6.90. The van der Waals surface area contributed by atoms with Crippen molar-refractivity contribution in [3.63, 3.8) is 0 Å². The summed E-state index contributed by atoms with van der Waals surface area (Å²) in [4.78, 5) is 17.2. The van der Waals surface area contributed by atoms with Crippen molar-refractivity contribution in [2.24, 2.45) is 0 Å². The van der Waals surface area contributed by atoms with Gasteiger partial charge in [0.2, 0.25) is 0 Å². The quantitative estimate of drug-likeness (QED) is 0.419. The average Bonchev–Trinajstić information content (AvgIpc) is 2.79. The molecule has 144 valence electrons. The molecule has 4 heteroatoms. The zero-order valence-electron chi connectivity index (χ0n) is 16.2. The number of fused-ring (bicyclic) bond motifs is 1. The molecule has 3 aromatic carbocycles. The molecule has 0 aliphatic carbocycles. The molecule has 0 saturated heterocycles. The van der Waals surface area contributed by atoms with Gasteiger partial charge in [-0.15, -0.1) is 0 Å². The number of rotatable bonds is 7. The number of pyridine rings is 1. The Kier molecular flexibility index (Phi) is 5.52. The van der Waals surface area contributed by atoms with Gasteiger partial charge in [0.05, 0.1) is 13.2 Å². The smallest absolute Gasteiger partial charge is 0.165 e. The molecule has 1 atom stereocenters. The maximum atomic E-state index is 12.9. The monoisotopic (exact) mass is 382 g/mol. The van der Waals surface area contributed by atoms with Crippen LogP contribution >= 0.6 is 0 Å². The van der Waals surface area contributed by atoms with Gasteiger partial charge in [0.15, 0.2) is 5.78 Å². The van der Waals surface area contributed by atoms with Crippen LogP contribution in [0.5, 0.6) is 5.75 Å². The standard InChI is InChI=1S/C25H22N2O2/c1-29-23-12-9-19(10-13-23)25(28)16-24(21-7-4-14-26-17-21)27-22-11-8-18-5-2-3-6-20(18)15-22/h2-15,17,24,27H,16H2,1H3/t24-/m0/s1. The molecule has 0 aliphatic rings. The number of ether oxygens (including phenoxy) is 1. The van der Waals surface area contributed by atoms with Gasteiger partial charge in [-0.05, 0) is 58.8 Å². The van der Waals surface area contributed by atoms with Gasteiger partial charge in [0.25, 0.3) is 0 Å². The van der Waals surface area contributed by atoms with E-state index in [1.54, 1.807) is 31.6 Å². The van der Waals surface area contributed by atoms with Crippen LogP contribution in [0, 0.1) is 0 Å². The molecule has 0 bridgehead atoms. The van der Waals surface area contributed by atoms with Crippen LogP contribution in [0.1, 0.15) is 28.4 Å². The largest absolute Gasteiger partial charge is 0.497 e. The van der Waals surface area contributed by atoms with Gasteiger partial charge >= 0.3 is 0 Å². The Hall–Kier alpha value is -3.66. The first kappa shape index (κ1) is 18.7. The maximum Gasteiger partial charge on any atom is 0.165 e. The van der Waals surface area contributed by atoms with Crippen LogP contribution in [0.4, 0.5) is 5.69 Å². The molecule has 1 aromatic heterocycles. The third-order valence-electron chi connectivity index (χ3n) is 4.98. The highest BCUT2D eigenvalue weighted by molar-refractivity contribution is 5.97. The molecular formula is C25H22N2O2. The lowest BCUT2D eigenvalue weighted by Gasteiger charge is -2.20. The second kappa shape index (κ2) is 8.57. The first-order valence-corrected chi connectivity index (χ1v) is 9.55. The Labute approximate surface area is 170 Å². The fourth-order valence-corrected chi connectivity index (χ4v) is 3.39. The molecule has 4 rings (SSSR count). The van der Waals surface area contributed by atoms with E-state index >= 15 is 0 Å². The number of carbonyl (C=O) groups excluding carboxylic acids is 1. The first-order valence-electron chi connectivity index (χ1n) is 9.55. The van der Waals surface area contributed by atoms with E-state index in [4.69, 9.17) is 4.74 Å². The number of nitrogens with one attached hydrogen (secondary N) is 1. The third kappa shape index (κ3) is 4.43. The van der Waals surface area contributed by atoms with Crippen molar-refractivity contribution in [3.05, 3.63) is 102 Å². The minimum Gasteiger partial charge on any atom is -0.497 e. The van der Waals surface area contributed by atoms with Crippen LogP contribution < -0.4 is 10.1 Å². The zero-order chi connectivity index (χ0) is 20.1. The van der Waals surface area contributed by atoms with E-state index in [1.165, 1.54) is 5.39 Å². The van der Waals surface area contributed by atoms with Gasteiger partial charge in [0, 0.05) is 30.1 Å². The number of hydrogen-bond acceptors (Lipinski definition) is 4. The molecule has 1 heterocycles. The summed E-state index contributed by atoms with van der Waals surface area (Å²) in [7, 11) is 1.61. The molecule has 0 unspecified atom stereocenters. The van der Waals surface area contributed by atoms with Gasteiger partial charge in [-0.2, -0.15) is 0 Å². The summed E-state index contributed by atoms with van der Waals surface area (Å²) < 4.78 is 5.18. The van der Waals surface area contributed by atoms with Crippen LogP contribution in [0.2, 0.25) is 0 Å². The van der Waals surface area contributed by atoms with Gasteiger partial charge < -0.3 is 10.1 Å². The Balaban J connectivity index is 1.59. The van der Waals surface area contributed by atoms with E-state index < -0.39 is 0 Å². The van der Waals surface area contributed by atoms with Gasteiger partial charge in [-0.25, -0.2) is 0 Å². The number of carbonyl (C=O) groups is 1. The summed E-state index contributed by atoms with van der Waals surface area (Å²) in [6, 6.07) is 25.4. The highest BCUT2D eigenvalue weighted by Crippen LogP contribution is 2.27. The fraction of sp³-hybridized carbons (Fsp3) is 0.120. The van der Waals surface area contributed by atoms with Crippen molar-refractivity contribution in [3.8, 4) is 5.75 Å². The van der Waals surface area contributed by atoms with Gasteiger partial charge in [-0.1, -0.05) is 36.4 Å². The number of Topliss-reactive ketones (excluding diaryl/α,β-unsaturated/α-hetero) is 1. The predicted octanol–water partition coefficient (Wildman–Crippen LogP) is 5.67. The third-order valence-corrected chi connectivity index (χ3v) is 4.98. The second-order valence-electron chi connectivity index (χ2n) is 6.90. The number of ketones is 1. The molecule has 0 spiro atoms. The molecule has 0 fully saturated rings. The van der Waals surface area contributed by atoms with Gasteiger partial charge in [-0.3, -0.25) is 9.78 Å². The Morgan fingerprint density at radius 1 is 0.966 bits per heavy atom. The normalized spacial score (nSPS) is 11.8. The van der Waals surface area contributed by atoms with Crippen LogP contribution in [0.25, 0.3) is 10.8 Å². The molecule has 4 nitrogen and oxygen atoms in total. The molecule has 0 saturated carbocycles. The van der Waals surface area contributed by atoms with Crippen LogP contribution in [0.15, 0.2) is 91.3 Å². The summed E-state index contributed by atoms with van der Waals surface area (Å²) in [6.07, 6.45) is 3.87. The summed E-state index contributed by atoms with van der Waals surface area (Å²) in [5, 5.41) is 5.87. The van der Waals surface area contributed by atoms with E-state index in [9.17, 15) is 4.79 Å². The lowest BCUT2D eigenvalue weighted by atomic mass is 9.98. The van der Waals surface area contributed by atoms with Crippen molar-refractivity contribution in [1.82, 2.24) is 4.98 Å². The van der Waals surface area contributed by atoms with E-state index in [0.29, 0.717) is 12.0 Å². The topological polar surface area (TPSA) is 51.2 Å². The lowest BCUT2D eigenvalue weighted by molar-refractivity contribution is 0.0976. The number of anilines is 1. The van der Waals surface area contributed by atoms with Crippen molar-refractivity contribution < 1.29 is 9.53 Å². The van der Waals surface area contributed by atoms with E-state index in [0.717, 1.165) is 22.4 Å². The van der Waals surface area contributed by atoms with Crippen molar-refractivity contribution in [2.75, 3.05) is 12.4 Å². The highest BCUT2D eigenvalue weighted by atomic mass is 16.5.